The molecule has 0 aliphatic carbocycles. The molecule has 4 aromatic rings. The van der Waals surface area contributed by atoms with Gasteiger partial charge in [0.2, 0.25) is 0 Å². The molecular weight excluding hydrogens is 400 g/mol. The number of carbonyl (C=O) groups is 1. The lowest BCUT2D eigenvalue weighted by molar-refractivity contribution is -0.384. The van der Waals surface area contributed by atoms with Gasteiger partial charge in [0.25, 0.3) is 17.2 Å². The number of para-hydroxylation sites is 2. The molecule has 0 aliphatic heterocycles. The van der Waals surface area contributed by atoms with Crippen LogP contribution in [0.3, 0.4) is 0 Å². The van der Waals surface area contributed by atoms with E-state index in [1.165, 1.54) is 28.8 Å². The number of hydrazine groups is 1. The summed E-state index contributed by atoms with van der Waals surface area (Å²) >= 11 is 0. The molecule has 0 unspecified atom stereocenters. The molecule has 1 amide bonds. The highest BCUT2D eigenvalue weighted by atomic mass is 16.6. The number of aromatic nitrogens is 2. The van der Waals surface area contributed by atoms with Gasteiger partial charge in [0, 0.05) is 23.9 Å². The van der Waals surface area contributed by atoms with E-state index in [2.05, 4.69) is 21.9 Å². The van der Waals surface area contributed by atoms with Crippen molar-refractivity contribution in [3.05, 3.63) is 90.9 Å². The van der Waals surface area contributed by atoms with Crippen molar-refractivity contribution >= 4 is 34.5 Å². The van der Waals surface area contributed by atoms with Crippen LogP contribution in [0.4, 0.5) is 5.69 Å². The Morgan fingerprint density at radius 1 is 1.26 bits per heavy atom. The first kappa shape index (κ1) is 19.5. The predicted molar refractivity (Wildman–Crippen MR) is 112 cm³/mol. The number of imidazole rings is 1. The smallest absolute Gasteiger partial charge is 0.270 e. The Balaban J connectivity index is 1.74. The van der Waals surface area contributed by atoms with Crippen molar-refractivity contribution in [1.29, 1.82) is 5.26 Å². The fourth-order valence-corrected chi connectivity index (χ4v) is 3.29. The van der Waals surface area contributed by atoms with Crippen molar-refractivity contribution in [3.8, 4) is 6.07 Å². The highest BCUT2D eigenvalue weighted by Gasteiger charge is 2.16. The summed E-state index contributed by atoms with van der Waals surface area (Å²) < 4.78 is 1.36. The Morgan fingerprint density at radius 2 is 2.03 bits per heavy atom. The van der Waals surface area contributed by atoms with E-state index in [0.717, 1.165) is 6.07 Å². The number of nitro groups is 1. The number of hydrogen-bond acceptors (Lipinski definition) is 7. The van der Waals surface area contributed by atoms with E-state index in [-0.39, 0.29) is 27.7 Å². The van der Waals surface area contributed by atoms with Crippen molar-refractivity contribution in [2.24, 2.45) is 0 Å². The van der Waals surface area contributed by atoms with Gasteiger partial charge < -0.3 is 5.43 Å². The molecule has 0 atom stereocenters. The molecule has 0 spiro atoms. The first-order chi connectivity index (χ1) is 14.9. The average Bonchev–Trinajstić information content (AvgIpc) is 3.15. The largest absolute Gasteiger partial charge is 0.305 e. The van der Waals surface area contributed by atoms with Crippen LogP contribution < -0.4 is 21.6 Å². The van der Waals surface area contributed by atoms with E-state index in [9.17, 15) is 25.0 Å². The summed E-state index contributed by atoms with van der Waals surface area (Å²) in [7, 11) is 0. The van der Waals surface area contributed by atoms with Crippen LogP contribution in [-0.2, 0) is 0 Å². The third kappa shape index (κ3) is 3.30. The summed E-state index contributed by atoms with van der Waals surface area (Å²) in [5.41, 5.74) is 6.44. The van der Waals surface area contributed by atoms with Crippen LogP contribution in [-0.4, -0.2) is 20.2 Å². The molecule has 2 aromatic carbocycles. The minimum atomic E-state index is -0.625. The summed E-state index contributed by atoms with van der Waals surface area (Å²) in [6, 6.07) is 14.4. The summed E-state index contributed by atoms with van der Waals surface area (Å²) in [5.74, 6) is -0.625. The van der Waals surface area contributed by atoms with Crippen molar-refractivity contribution in [1.82, 2.24) is 20.2 Å². The number of carbonyl (C=O) groups excluding carboxylic acids is 1. The predicted octanol–water partition coefficient (Wildman–Crippen LogP) is 1.33. The number of nitrogens with one attached hydrogen (secondary N) is 2. The van der Waals surface area contributed by atoms with Gasteiger partial charge in [-0.05, 0) is 30.7 Å². The maximum absolute atomic E-state index is 13.1. The fourth-order valence-electron chi connectivity index (χ4n) is 3.29. The third-order valence-electron chi connectivity index (χ3n) is 4.83. The van der Waals surface area contributed by atoms with Gasteiger partial charge in [0.05, 0.1) is 26.7 Å². The van der Waals surface area contributed by atoms with Crippen LogP contribution in [0.2, 0.25) is 0 Å². The molecule has 152 valence electrons. The average molecular weight is 414 g/mol. The Hall–Kier alpha value is -4.78. The molecule has 31 heavy (non-hydrogen) atoms. The van der Waals surface area contributed by atoms with Gasteiger partial charge in [0.1, 0.15) is 6.07 Å². The van der Waals surface area contributed by atoms with Crippen molar-refractivity contribution in [3.63, 3.8) is 0 Å². The first-order valence-electron chi connectivity index (χ1n) is 9.06. The number of benzene rings is 2. The molecular formula is C21H14N6O4. The number of non-ortho nitro benzene ring substituents is 1. The van der Waals surface area contributed by atoms with Crippen molar-refractivity contribution in [2.75, 3.05) is 0 Å². The molecule has 0 bridgehead atoms. The quantitative estimate of drug-likeness (QED) is 0.379. The van der Waals surface area contributed by atoms with Crippen LogP contribution in [0.5, 0.6) is 0 Å². The van der Waals surface area contributed by atoms with Gasteiger partial charge in [-0.25, -0.2) is 4.98 Å². The van der Waals surface area contributed by atoms with Crippen LogP contribution >= 0.6 is 0 Å². The minimum absolute atomic E-state index is 0.0722. The van der Waals surface area contributed by atoms with Gasteiger partial charge in [-0.1, -0.05) is 18.2 Å². The van der Waals surface area contributed by atoms with E-state index in [1.54, 1.807) is 31.2 Å². The highest BCUT2D eigenvalue weighted by molar-refractivity contribution is 5.94. The topological polar surface area (TPSA) is 142 Å². The molecule has 2 aromatic heterocycles. The third-order valence-corrected chi connectivity index (χ3v) is 4.83. The summed E-state index contributed by atoms with van der Waals surface area (Å²) in [5, 5.41) is 20.7. The maximum atomic E-state index is 13.1. The van der Waals surface area contributed by atoms with Gasteiger partial charge in [-0.15, -0.1) is 0 Å². The SMILES string of the molecule is Cc1c(C#N)c2nc3ccccc3n2c(=O)c1=CNNC(=O)c1cccc([N+](=O)[O-])c1. The Morgan fingerprint density at radius 3 is 2.77 bits per heavy atom. The Bertz CT molecular complexity index is 1530. The second-order valence-corrected chi connectivity index (χ2v) is 6.64. The number of fused-ring (bicyclic) bond motifs is 3. The lowest BCUT2D eigenvalue weighted by Gasteiger charge is -2.06. The molecule has 10 heteroatoms. The number of nitriles is 1. The van der Waals surface area contributed by atoms with Crippen LogP contribution in [0.25, 0.3) is 22.9 Å². The minimum Gasteiger partial charge on any atom is -0.305 e. The van der Waals surface area contributed by atoms with E-state index in [1.807, 2.05) is 0 Å². The number of nitro benzene ring substituents is 1. The van der Waals surface area contributed by atoms with Crippen LogP contribution in [0.1, 0.15) is 21.5 Å². The van der Waals surface area contributed by atoms with E-state index in [4.69, 9.17) is 0 Å². The van der Waals surface area contributed by atoms with Gasteiger partial charge in [-0.2, -0.15) is 5.26 Å². The maximum Gasteiger partial charge on any atom is 0.270 e. The monoisotopic (exact) mass is 414 g/mol. The van der Waals surface area contributed by atoms with Crippen LogP contribution in [0.15, 0.2) is 53.3 Å². The number of amides is 1. The lowest BCUT2D eigenvalue weighted by Crippen LogP contribution is -2.40. The summed E-state index contributed by atoms with van der Waals surface area (Å²) in [6.45, 7) is 1.62. The molecule has 2 heterocycles. The molecule has 2 N–H and O–H groups in total. The first-order valence-corrected chi connectivity index (χ1v) is 9.06. The van der Waals surface area contributed by atoms with Gasteiger partial charge in [-0.3, -0.25) is 29.5 Å². The van der Waals surface area contributed by atoms with Gasteiger partial charge in [0.15, 0.2) is 5.65 Å². The molecule has 0 saturated carbocycles. The fraction of sp³-hybridized carbons (Fsp3) is 0.0476. The number of rotatable bonds is 4. The standard InChI is InChI=1S/C21H14N6O4/c1-12-15(10-22)19-24-17-7-2-3-8-18(17)26(19)21(29)16(12)11-23-25-20(28)13-5-4-6-14(9-13)27(30)31/h2-9,11,23H,1H3,(H,25,28). The molecule has 0 saturated heterocycles. The number of pyridine rings is 1. The molecule has 4 rings (SSSR count). The zero-order chi connectivity index (χ0) is 22.1. The zero-order valence-electron chi connectivity index (χ0n) is 16.1. The summed E-state index contributed by atoms with van der Waals surface area (Å²) in [6.07, 6.45) is 1.28. The number of nitrogens with zero attached hydrogens (tertiary/aromatic N) is 4. The van der Waals surface area contributed by atoms with E-state index in [0.29, 0.717) is 16.6 Å². The Kier molecular flexibility index (Phi) is 4.77. The van der Waals surface area contributed by atoms with E-state index >= 15 is 0 Å². The second kappa shape index (κ2) is 7.57. The van der Waals surface area contributed by atoms with Gasteiger partial charge >= 0.3 is 0 Å². The summed E-state index contributed by atoms with van der Waals surface area (Å²) in [4.78, 5) is 40.1. The number of hydrogen-bond donors (Lipinski definition) is 2. The van der Waals surface area contributed by atoms with E-state index < -0.39 is 16.4 Å². The normalized spacial score (nSPS) is 11.4. The van der Waals surface area contributed by atoms with Crippen LogP contribution in [0, 0.1) is 28.4 Å². The lowest BCUT2D eigenvalue weighted by atomic mass is 10.1. The molecule has 0 aliphatic rings. The van der Waals surface area contributed by atoms with Crippen molar-refractivity contribution < 1.29 is 9.72 Å². The Labute approximate surface area is 174 Å². The molecule has 0 radical (unpaired) electrons. The second-order valence-electron chi connectivity index (χ2n) is 6.64. The highest BCUT2D eigenvalue weighted by Crippen LogP contribution is 2.17. The molecule has 10 nitrogen and oxygen atoms in total. The van der Waals surface area contributed by atoms with Crippen molar-refractivity contribution in [2.45, 2.75) is 6.92 Å². The zero-order valence-corrected chi connectivity index (χ0v) is 16.1. The molecule has 0 fully saturated rings.